The van der Waals surface area contributed by atoms with Gasteiger partial charge in [0, 0.05) is 30.2 Å². The molecule has 0 radical (unpaired) electrons. The lowest BCUT2D eigenvalue weighted by Gasteiger charge is -2.33. The topological polar surface area (TPSA) is 203 Å². The second kappa shape index (κ2) is 12.0. The molecule has 2 heterocycles. The van der Waals surface area contributed by atoms with E-state index in [4.69, 9.17) is 16.3 Å². The van der Waals surface area contributed by atoms with Crippen LogP contribution >= 0.6 is 11.6 Å². The number of carbonyl (C=O) groups excluding carboxylic acids is 4. The molecule has 5 amide bonds. The number of rotatable bonds is 7. The van der Waals surface area contributed by atoms with E-state index in [1.807, 2.05) is 0 Å². The number of carboxylic acids is 2. The van der Waals surface area contributed by atoms with Crippen LogP contribution < -0.4 is 15.3 Å². The Kier molecular flexibility index (Phi) is 8.68. The number of fused-ring (bicyclic) bond motifs is 1. The minimum atomic E-state index is -1.85. The lowest BCUT2D eigenvalue weighted by molar-refractivity contribution is -0.153. The molecule has 0 spiro atoms. The molecule has 0 aromatic heterocycles. The predicted octanol–water partition coefficient (Wildman–Crippen LogP) is 0.457. The SMILES string of the molecule is CCN1CCN(C(=O)N[C@H](C(=O)N[C@H]2Cc3cccc(C(=O)O)c3OB2O)c2cc(F)c(C(=O)O)cc2Cl)C(=O)C1=O. The zero-order valence-electron chi connectivity index (χ0n) is 21.8. The van der Waals surface area contributed by atoms with Crippen molar-refractivity contribution < 1.29 is 53.0 Å². The molecule has 1 fully saturated rings. The molecule has 2 aliphatic heterocycles. The Morgan fingerprint density at radius 3 is 2.45 bits per heavy atom. The molecular weight excluding hydrogens is 582 g/mol. The average molecular weight is 605 g/mol. The summed E-state index contributed by atoms with van der Waals surface area (Å²) in [6.07, 6.45) is -0.115. The highest BCUT2D eigenvalue weighted by atomic mass is 35.5. The van der Waals surface area contributed by atoms with Gasteiger partial charge in [-0.3, -0.25) is 19.3 Å². The van der Waals surface area contributed by atoms with Gasteiger partial charge in [-0.05, 0) is 37.1 Å². The molecule has 2 atom stereocenters. The number of benzene rings is 2. The number of amides is 5. The lowest BCUT2D eigenvalue weighted by Crippen LogP contribution is -2.60. The molecule has 2 aromatic carbocycles. The van der Waals surface area contributed by atoms with Crippen molar-refractivity contribution in [1.29, 1.82) is 0 Å². The van der Waals surface area contributed by atoms with Crippen molar-refractivity contribution in [1.82, 2.24) is 20.4 Å². The zero-order chi connectivity index (χ0) is 30.9. The van der Waals surface area contributed by atoms with E-state index in [0.29, 0.717) is 16.5 Å². The second-order valence-electron chi connectivity index (χ2n) is 9.31. The standard InChI is InChI=1S/C25H23BClFN4O10/c1-2-31-6-7-32(22(35)21(31)34)25(40)30-18(13-10-16(28)14(24(38)39)9-15(13)27)20(33)29-17-8-11-4-3-5-12(23(36)37)19(11)42-26(17)41/h3-5,9-10,17-18,41H,2,6-8H2,1H3,(H,29,33)(H,30,40)(H,36,37)(H,38,39)/t17-,18-/m0/s1. The fraction of sp³-hybridized carbons (Fsp3) is 0.280. The predicted molar refractivity (Wildman–Crippen MR) is 141 cm³/mol. The Morgan fingerprint density at radius 1 is 1.12 bits per heavy atom. The molecule has 5 N–H and O–H groups in total. The molecule has 0 aliphatic carbocycles. The van der Waals surface area contributed by atoms with Gasteiger partial charge in [-0.2, -0.15) is 0 Å². The molecule has 0 saturated carbocycles. The number of para-hydroxylation sites is 1. The van der Waals surface area contributed by atoms with Gasteiger partial charge < -0.3 is 35.4 Å². The maximum Gasteiger partial charge on any atom is 0.547 e. The maximum absolute atomic E-state index is 14.7. The second-order valence-corrected chi connectivity index (χ2v) is 9.72. The number of imide groups is 1. The number of urea groups is 1. The minimum absolute atomic E-state index is 0.0252. The summed E-state index contributed by atoms with van der Waals surface area (Å²) < 4.78 is 20.0. The number of carbonyl (C=O) groups is 6. The third-order valence-electron chi connectivity index (χ3n) is 6.77. The Labute approximate surface area is 242 Å². The van der Waals surface area contributed by atoms with Gasteiger partial charge in [-0.1, -0.05) is 23.7 Å². The summed E-state index contributed by atoms with van der Waals surface area (Å²) in [5, 5.41) is 33.4. The maximum atomic E-state index is 14.7. The van der Waals surface area contributed by atoms with Crippen LogP contribution in [-0.4, -0.2) is 93.4 Å². The van der Waals surface area contributed by atoms with Crippen molar-refractivity contribution >= 4 is 54.4 Å². The van der Waals surface area contributed by atoms with Crippen molar-refractivity contribution in [2.24, 2.45) is 0 Å². The first-order valence-electron chi connectivity index (χ1n) is 12.5. The highest BCUT2D eigenvalue weighted by molar-refractivity contribution is 6.47. The van der Waals surface area contributed by atoms with Crippen LogP contribution in [0.2, 0.25) is 5.02 Å². The molecule has 14 nitrogen and oxygen atoms in total. The fourth-order valence-electron chi connectivity index (χ4n) is 4.59. The molecule has 2 aromatic rings. The van der Waals surface area contributed by atoms with Gasteiger partial charge in [-0.25, -0.2) is 18.8 Å². The molecule has 42 heavy (non-hydrogen) atoms. The van der Waals surface area contributed by atoms with Gasteiger partial charge in [0.1, 0.15) is 17.6 Å². The smallest absolute Gasteiger partial charge is 0.534 e. The number of likely N-dealkylation sites (N-methyl/N-ethyl adjacent to an activating group) is 1. The molecule has 17 heteroatoms. The Balaban J connectivity index is 1.64. The van der Waals surface area contributed by atoms with E-state index < -0.39 is 76.8 Å². The summed E-state index contributed by atoms with van der Waals surface area (Å²) in [7, 11) is -1.75. The third kappa shape index (κ3) is 5.85. The van der Waals surface area contributed by atoms with Crippen LogP contribution in [0.25, 0.3) is 0 Å². The van der Waals surface area contributed by atoms with E-state index in [9.17, 15) is 48.4 Å². The van der Waals surface area contributed by atoms with E-state index >= 15 is 0 Å². The normalized spacial score (nSPS) is 17.2. The number of carboxylic acid groups (broad SMARTS) is 2. The van der Waals surface area contributed by atoms with E-state index in [1.165, 1.54) is 23.1 Å². The van der Waals surface area contributed by atoms with Crippen LogP contribution in [0.3, 0.4) is 0 Å². The first-order valence-corrected chi connectivity index (χ1v) is 12.9. The van der Waals surface area contributed by atoms with Crippen molar-refractivity contribution in [2.45, 2.75) is 25.3 Å². The summed E-state index contributed by atoms with van der Waals surface area (Å²) >= 11 is 6.20. The number of nitrogens with one attached hydrogen (secondary N) is 2. The average Bonchev–Trinajstić information content (AvgIpc) is 2.94. The van der Waals surface area contributed by atoms with Gasteiger partial charge in [-0.15, -0.1) is 0 Å². The van der Waals surface area contributed by atoms with Gasteiger partial charge in [0.15, 0.2) is 0 Å². The summed E-state index contributed by atoms with van der Waals surface area (Å²) in [4.78, 5) is 76.1. The minimum Gasteiger partial charge on any atom is -0.534 e. The van der Waals surface area contributed by atoms with Crippen LogP contribution in [0.4, 0.5) is 9.18 Å². The molecule has 220 valence electrons. The van der Waals surface area contributed by atoms with Crippen molar-refractivity contribution in [2.75, 3.05) is 19.6 Å². The van der Waals surface area contributed by atoms with Crippen molar-refractivity contribution in [3.8, 4) is 5.75 Å². The highest BCUT2D eigenvalue weighted by Crippen LogP contribution is 2.31. The molecule has 2 aliphatic rings. The van der Waals surface area contributed by atoms with Crippen LogP contribution in [0, 0.1) is 5.82 Å². The quantitative estimate of drug-likeness (QED) is 0.218. The number of hydrogen-bond acceptors (Lipinski definition) is 8. The van der Waals surface area contributed by atoms with Gasteiger partial charge >= 0.3 is 36.9 Å². The first kappa shape index (κ1) is 30.3. The molecule has 0 unspecified atom stereocenters. The van der Waals surface area contributed by atoms with Gasteiger partial charge in [0.2, 0.25) is 5.91 Å². The van der Waals surface area contributed by atoms with E-state index in [0.717, 1.165) is 6.07 Å². The Morgan fingerprint density at radius 2 is 1.81 bits per heavy atom. The van der Waals surface area contributed by atoms with E-state index in [1.54, 1.807) is 6.92 Å². The van der Waals surface area contributed by atoms with Crippen molar-refractivity contribution in [3.63, 3.8) is 0 Å². The van der Waals surface area contributed by atoms with Crippen LogP contribution in [0.15, 0.2) is 30.3 Å². The molecular formula is C25H23BClFN4O10. The zero-order valence-corrected chi connectivity index (χ0v) is 22.6. The van der Waals surface area contributed by atoms with Gasteiger partial charge in [0.05, 0.1) is 17.1 Å². The van der Waals surface area contributed by atoms with Crippen molar-refractivity contribution in [3.05, 3.63) is 63.4 Å². The highest BCUT2D eigenvalue weighted by Gasteiger charge is 2.41. The molecule has 4 rings (SSSR count). The lowest BCUT2D eigenvalue weighted by atomic mass is 9.72. The van der Waals surface area contributed by atoms with Crippen LogP contribution in [-0.2, 0) is 20.8 Å². The Hall–Kier alpha value is -4.70. The van der Waals surface area contributed by atoms with E-state index in [2.05, 4.69) is 10.6 Å². The monoisotopic (exact) mass is 604 g/mol. The fourth-order valence-corrected chi connectivity index (χ4v) is 4.86. The number of aromatic carboxylic acids is 2. The summed E-state index contributed by atoms with van der Waals surface area (Å²) in [5.74, 6) is -8.73. The largest absolute Gasteiger partial charge is 0.547 e. The van der Waals surface area contributed by atoms with Crippen LogP contribution in [0.1, 0.15) is 44.8 Å². The van der Waals surface area contributed by atoms with E-state index in [-0.39, 0.29) is 37.4 Å². The van der Waals surface area contributed by atoms with Gasteiger partial charge in [0.25, 0.3) is 0 Å². The number of piperazine rings is 1. The summed E-state index contributed by atoms with van der Waals surface area (Å²) in [6, 6.07) is 2.53. The molecule has 0 bridgehead atoms. The number of hydrogen-bond donors (Lipinski definition) is 5. The third-order valence-corrected chi connectivity index (χ3v) is 7.10. The summed E-state index contributed by atoms with van der Waals surface area (Å²) in [5.41, 5.74) is -1.09. The van der Waals surface area contributed by atoms with Crippen LogP contribution in [0.5, 0.6) is 5.75 Å². The Bertz CT molecular complexity index is 1510. The number of nitrogens with zero attached hydrogens (tertiary/aromatic N) is 2. The first-order chi connectivity index (χ1) is 19.8. The molecule has 1 saturated heterocycles. The summed E-state index contributed by atoms with van der Waals surface area (Å²) in [6.45, 7) is 1.68. The number of halogens is 2.